The maximum atomic E-state index is 14.4. The Hall–Kier alpha value is -6.58. The van der Waals surface area contributed by atoms with Crippen molar-refractivity contribution in [2.24, 2.45) is 59.3 Å². The molecule has 0 saturated heterocycles. The van der Waals surface area contributed by atoms with Gasteiger partial charge in [-0.3, -0.25) is 28.8 Å². The average molecular weight is 1130 g/mol. The van der Waals surface area contributed by atoms with E-state index in [2.05, 4.69) is 72.6 Å². The lowest BCUT2D eigenvalue weighted by atomic mass is 9.47. The topological polar surface area (TPSA) is 225 Å². The molecule has 0 radical (unpaired) electrons. The number of fused-ring (bicyclic) bond motifs is 5. The summed E-state index contributed by atoms with van der Waals surface area (Å²) in [5.74, 6) is 0.0917. The van der Waals surface area contributed by atoms with Crippen LogP contribution in [0.2, 0.25) is 0 Å². The standard InChI is InChI=1S/C66H93N7O9/c1-40(2)16-14-17-42(5)52-27-28-53-51-26-23-48-37-50(29-31-65(48,8)54(51)30-32-66(52,53)9)82-64(81)57(34-41(3)4)72-63(80)55(35-45-18-12-11-13-19-45)70-58(75)38-67-59(76)43(6)69-62(79)56(36-46-21-24-49(74)25-22-46)71-60(77)44(7)68-61(78)47-20-15-33-73(10)39-47/h11-13,15,18-25,33,39-44,50-57H,14,16-17,26-32,34-38H2,1-10H3,(H6-,67,68,69,70,71,72,74,75,76,77,78,79,80)/p+1/t42-,43-,44+,50+,51+,52-,53+,54+,55+,56+,57-,65+,66-/m1/s1. The zero-order valence-corrected chi connectivity index (χ0v) is 50.4. The van der Waals surface area contributed by atoms with Crippen LogP contribution in [0.4, 0.5) is 0 Å². The van der Waals surface area contributed by atoms with E-state index in [9.17, 15) is 38.7 Å². The Morgan fingerprint density at radius 1 is 0.671 bits per heavy atom. The van der Waals surface area contributed by atoms with Gasteiger partial charge >= 0.3 is 5.97 Å². The van der Waals surface area contributed by atoms with E-state index < -0.39 is 78.2 Å². The second kappa shape index (κ2) is 28.1. The first kappa shape index (κ1) is 63.0. The van der Waals surface area contributed by atoms with Crippen molar-refractivity contribution in [1.82, 2.24) is 31.9 Å². The van der Waals surface area contributed by atoms with Crippen LogP contribution in [-0.2, 0) is 53.4 Å². The highest BCUT2D eigenvalue weighted by Crippen LogP contribution is 2.67. The van der Waals surface area contributed by atoms with Gasteiger partial charge in [0.1, 0.15) is 54.7 Å². The molecule has 13 atom stereocenters. The average Bonchev–Trinajstić information content (AvgIpc) is 2.90. The number of nitrogens with zero attached hydrogens (tertiary/aromatic N) is 1. The van der Waals surface area contributed by atoms with Crippen molar-refractivity contribution in [3.63, 3.8) is 0 Å². The summed E-state index contributed by atoms with van der Waals surface area (Å²) in [7, 11) is 1.76. The van der Waals surface area contributed by atoms with Gasteiger partial charge in [0.05, 0.1) is 6.54 Å². The number of nitrogens with one attached hydrogen (secondary N) is 6. The summed E-state index contributed by atoms with van der Waals surface area (Å²) in [6, 6.07) is 13.0. The number of hydrogen-bond acceptors (Lipinski definition) is 9. The van der Waals surface area contributed by atoms with Gasteiger partial charge < -0.3 is 41.7 Å². The predicted molar refractivity (Wildman–Crippen MR) is 315 cm³/mol. The molecule has 16 nitrogen and oxygen atoms in total. The normalized spacial score (nSPS) is 25.0. The van der Waals surface area contributed by atoms with E-state index in [1.165, 1.54) is 76.5 Å². The molecule has 0 spiro atoms. The highest BCUT2D eigenvalue weighted by atomic mass is 16.5. The van der Waals surface area contributed by atoms with Crippen LogP contribution in [0, 0.1) is 52.3 Å². The molecule has 0 aliphatic heterocycles. The Morgan fingerprint density at radius 2 is 1.33 bits per heavy atom. The van der Waals surface area contributed by atoms with Crippen molar-refractivity contribution in [1.29, 1.82) is 0 Å². The minimum atomic E-state index is -1.22. The van der Waals surface area contributed by atoms with Gasteiger partial charge in [0.25, 0.3) is 5.91 Å². The van der Waals surface area contributed by atoms with Gasteiger partial charge in [-0.15, -0.1) is 0 Å². The second-order valence-corrected chi connectivity index (χ2v) is 25.9. The molecule has 3 fully saturated rings. The molecule has 7 rings (SSSR count). The summed E-state index contributed by atoms with van der Waals surface area (Å²) >= 11 is 0. The fourth-order valence-electron chi connectivity index (χ4n) is 14.4. The number of pyridine rings is 1. The minimum absolute atomic E-state index is 0.00768. The number of phenolic OH excluding ortho intramolecular Hbond substituents is 1. The van der Waals surface area contributed by atoms with Crippen LogP contribution in [0.5, 0.6) is 5.75 Å². The lowest BCUT2D eigenvalue weighted by molar-refractivity contribution is -0.671. The van der Waals surface area contributed by atoms with Crippen molar-refractivity contribution in [2.75, 3.05) is 6.54 Å². The molecule has 0 bridgehead atoms. The van der Waals surface area contributed by atoms with Gasteiger partial charge in [-0.25, -0.2) is 9.36 Å². The number of carbonyl (C=O) groups is 7. The molecular weight excluding hydrogens is 1030 g/mol. The van der Waals surface area contributed by atoms with Crippen LogP contribution in [0.25, 0.3) is 0 Å². The van der Waals surface area contributed by atoms with E-state index in [0.29, 0.717) is 41.2 Å². The third kappa shape index (κ3) is 16.1. The zero-order chi connectivity index (χ0) is 59.5. The first-order valence-corrected chi connectivity index (χ1v) is 30.4. The molecule has 2 aromatic carbocycles. The number of esters is 1. The number of amides is 6. The summed E-state index contributed by atoms with van der Waals surface area (Å²) in [6.45, 7) is 18.6. The molecule has 446 valence electrons. The number of allylic oxidation sites excluding steroid dienone is 1. The first-order chi connectivity index (χ1) is 38.9. The Bertz CT molecular complexity index is 2750. The van der Waals surface area contributed by atoms with Crippen molar-refractivity contribution < 1.29 is 48.0 Å². The fourth-order valence-corrected chi connectivity index (χ4v) is 14.4. The Balaban J connectivity index is 0.941. The van der Waals surface area contributed by atoms with Crippen molar-refractivity contribution in [2.45, 2.75) is 189 Å². The van der Waals surface area contributed by atoms with Gasteiger partial charge in [0.15, 0.2) is 12.4 Å². The number of hydrogen-bond donors (Lipinski definition) is 7. The van der Waals surface area contributed by atoms with Crippen LogP contribution < -0.4 is 36.5 Å². The summed E-state index contributed by atoms with van der Waals surface area (Å²) in [5, 5.41) is 26.1. The highest BCUT2D eigenvalue weighted by molar-refractivity contribution is 5.98. The maximum Gasteiger partial charge on any atom is 0.328 e. The number of aromatic hydroxyl groups is 1. The Kier molecular flexibility index (Phi) is 21.6. The first-order valence-electron chi connectivity index (χ1n) is 30.4. The van der Waals surface area contributed by atoms with Gasteiger partial charge in [0, 0.05) is 25.3 Å². The van der Waals surface area contributed by atoms with Gasteiger partial charge in [-0.1, -0.05) is 122 Å². The molecule has 4 aliphatic rings. The lowest BCUT2D eigenvalue weighted by Crippen LogP contribution is -2.57. The zero-order valence-electron chi connectivity index (χ0n) is 50.4. The van der Waals surface area contributed by atoms with Crippen LogP contribution in [-0.4, -0.2) is 89.4 Å². The van der Waals surface area contributed by atoms with E-state index in [1.54, 1.807) is 48.3 Å². The summed E-state index contributed by atoms with van der Waals surface area (Å²) in [6.07, 6.45) is 18.7. The number of rotatable bonds is 25. The molecule has 1 aromatic heterocycles. The number of benzene rings is 2. The SMILES string of the molecule is CC(C)CCC[C@@H](C)[C@H]1CC[C@H]2[C@@H]3CC=C4C[C@@H](OC(=O)[C@@H](CC(C)C)NC(=O)[C@H](Cc5ccccc5)NC(=O)CNC(=O)[C@@H](C)NC(=O)[C@H](Cc5ccc(O)cc5)NC(=O)[C@H](C)NC(=O)c5ccc[n+](C)c5)CC[C@]4(C)[C@H]3CC[C@]12C. The lowest BCUT2D eigenvalue weighted by Gasteiger charge is -2.58. The minimum Gasteiger partial charge on any atom is -0.508 e. The van der Waals surface area contributed by atoms with Crippen molar-refractivity contribution in [3.05, 3.63) is 107 Å². The molecule has 3 saturated carbocycles. The van der Waals surface area contributed by atoms with E-state index >= 15 is 0 Å². The molecular formula is C66H94N7O9+. The molecule has 7 N–H and O–H groups in total. The van der Waals surface area contributed by atoms with Gasteiger partial charge in [0.2, 0.25) is 29.5 Å². The number of aryl methyl sites for hydroxylation is 1. The smallest absolute Gasteiger partial charge is 0.328 e. The number of ether oxygens (including phenoxy) is 1. The summed E-state index contributed by atoms with van der Waals surface area (Å²) < 4.78 is 8.05. The van der Waals surface area contributed by atoms with Crippen LogP contribution in [0.3, 0.4) is 0 Å². The molecule has 16 heteroatoms. The van der Waals surface area contributed by atoms with E-state index in [-0.39, 0.29) is 36.0 Å². The van der Waals surface area contributed by atoms with Gasteiger partial charge in [-0.05, 0) is 147 Å². The number of phenols is 1. The van der Waals surface area contributed by atoms with E-state index in [4.69, 9.17) is 4.74 Å². The largest absolute Gasteiger partial charge is 0.508 e. The molecule has 82 heavy (non-hydrogen) atoms. The quantitative estimate of drug-likeness (QED) is 0.0249. The fraction of sp³-hybridized carbons (Fsp3) is 0.606. The number of carbonyl (C=O) groups excluding carboxylic acids is 7. The molecule has 4 aliphatic carbocycles. The van der Waals surface area contributed by atoms with Crippen LogP contribution in [0.15, 0.2) is 90.8 Å². The third-order valence-corrected chi connectivity index (χ3v) is 18.9. The van der Waals surface area contributed by atoms with Crippen molar-refractivity contribution in [3.8, 4) is 5.75 Å². The monoisotopic (exact) mass is 1130 g/mol. The molecule has 0 unspecified atom stereocenters. The maximum absolute atomic E-state index is 14.4. The molecule has 3 aromatic rings. The van der Waals surface area contributed by atoms with Crippen LogP contribution >= 0.6 is 0 Å². The van der Waals surface area contributed by atoms with E-state index in [0.717, 1.165) is 48.5 Å². The summed E-state index contributed by atoms with van der Waals surface area (Å²) in [5.41, 5.74) is 3.58. The third-order valence-electron chi connectivity index (χ3n) is 18.9. The predicted octanol–water partition coefficient (Wildman–Crippen LogP) is 7.90. The molecule has 1 heterocycles. The number of aromatic nitrogens is 1. The Morgan fingerprint density at radius 3 is 2.01 bits per heavy atom. The van der Waals surface area contributed by atoms with E-state index in [1.807, 2.05) is 44.2 Å². The highest BCUT2D eigenvalue weighted by Gasteiger charge is 2.59. The summed E-state index contributed by atoms with van der Waals surface area (Å²) in [4.78, 5) is 96.0. The van der Waals surface area contributed by atoms with Crippen LogP contribution in [0.1, 0.15) is 161 Å². The van der Waals surface area contributed by atoms with Gasteiger partial charge in [-0.2, -0.15) is 0 Å². The Labute approximate surface area is 486 Å². The van der Waals surface area contributed by atoms with Crippen molar-refractivity contribution >= 4 is 41.4 Å². The molecule has 6 amide bonds. The second-order valence-electron chi connectivity index (χ2n) is 25.9.